The molecule has 3 rings (SSSR count). The van der Waals surface area contributed by atoms with E-state index in [0.717, 1.165) is 42.8 Å². The molecule has 0 fully saturated rings. The van der Waals surface area contributed by atoms with Gasteiger partial charge in [-0.25, -0.2) is 0 Å². The number of rotatable bonds is 11. The summed E-state index contributed by atoms with van der Waals surface area (Å²) in [5.74, 6) is 1.62. The smallest absolute Gasteiger partial charge is 0.267 e. The van der Waals surface area contributed by atoms with Gasteiger partial charge in [0.25, 0.3) is 11.8 Å². The number of carbonyl (C=O) groups is 2. The molecule has 1 aromatic carbocycles. The van der Waals surface area contributed by atoms with E-state index in [9.17, 15) is 9.59 Å². The van der Waals surface area contributed by atoms with Gasteiger partial charge in [-0.05, 0) is 42.7 Å². The van der Waals surface area contributed by atoms with Crippen LogP contribution in [0.3, 0.4) is 0 Å². The van der Waals surface area contributed by atoms with E-state index in [1.54, 1.807) is 6.26 Å². The first-order valence-corrected chi connectivity index (χ1v) is 11.1. The molecule has 0 saturated heterocycles. The van der Waals surface area contributed by atoms with E-state index in [4.69, 9.17) is 9.15 Å². The van der Waals surface area contributed by atoms with Crippen molar-refractivity contribution in [1.29, 1.82) is 0 Å². The Labute approximate surface area is 176 Å². The summed E-state index contributed by atoms with van der Waals surface area (Å²) in [5.41, 5.74) is 1.22. The van der Waals surface area contributed by atoms with Crippen molar-refractivity contribution in [3.63, 3.8) is 0 Å². The molecule has 0 unspecified atom stereocenters. The Hall–Kier alpha value is -2.47. The third-order valence-corrected chi connectivity index (χ3v) is 5.76. The molecule has 1 aliphatic rings. The number of nitrogens with zero attached hydrogens (tertiary/aromatic N) is 1. The fourth-order valence-electron chi connectivity index (χ4n) is 3.14. The van der Waals surface area contributed by atoms with Crippen LogP contribution in [-0.4, -0.2) is 29.9 Å². The van der Waals surface area contributed by atoms with Gasteiger partial charge < -0.3 is 9.15 Å². The lowest BCUT2D eigenvalue weighted by Crippen LogP contribution is -2.32. The summed E-state index contributed by atoms with van der Waals surface area (Å²) in [6.45, 7) is 5.26. The highest BCUT2D eigenvalue weighted by molar-refractivity contribution is 8.03. The minimum absolute atomic E-state index is 0.205. The topological polar surface area (TPSA) is 59.8 Å². The maximum absolute atomic E-state index is 13.1. The molecule has 2 amide bonds. The summed E-state index contributed by atoms with van der Waals surface area (Å²) in [7, 11) is 0. The monoisotopic (exact) mass is 413 g/mol. The van der Waals surface area contributed by atoms with Gasteiger partial charge in [-0.2, -0.15) is 0 Å². The summed E-state index contributed by atoms with van der Waals surface area (Å²) in [4.78, 5) is 28.0. The summed E-state index contributed by atoms with van der Waals surface area (Å²) in [5, 5.41) is 0. The SMILES string of the molecule is CCCCCN1C(=O)C(SCc2ccco2)=C(c2ccc(OCCC)cc2)C1=O. The molecule has 0 atom stereocenters. The van der Waals surface area contributed by atoms with E-state index in [1.807, 2.05) is 36.4 Å². The van der Waals surface area contributed by atoms with Crippen LogP contribution in [0.4, 0.5) is 0 Å². The number of imide groups is 1. The second-order valence-electron chi connectivity index (χ2n) is 6.91. The average molecular weight is 414 g/mol. The largest absolute Gasteiger partial charge is 0.494 e. The maximum Gasteiger partial charge on any atom is 0.267 e. The molecule has 0 spiro atoms. The lowest BCUT2D eigenvalue weighted by Gasteiger charge is -2.14. The quantitative estimate of drug-likeness (QED) is 0.371. The van der Waals surface area contributed by atoms with E-state index >= 15 is 0 Å². The molecule has 0 radical (unpaired) electrons. The minimum atomic E-state index is -0.213. The van der Waals surface area contributed by atoms with Crippen molar-refractivity contribution >= 4 is 29.1 Å². The molecule has 0 aliphatic carbocycles. The summed E-state index contributed by atoms with van der Waals surface area (Å²) < 4.78 is 11.0. The molecule has 6 heteroatoms. The number of amides is 2. The van der Waals surface area contributed by atoms with Gasteiger partial charge in [0.15, 0.2) is 0 Å². The second-order valence-corrected chi connectivity index (χ2v) is 7.90. The van der Waals surface area contributed by atoms with Gasteiger partial charge in [0.1, 0.15) is 11.5 Å². The average Bonchev–Trinajstić information content (AvgIpc) is 3.33. The lowest BCUT2D eigenvalue weighted by atomic mass is 10.1. The molecule has 0 N–H and O–H groups in total. The van der Waals surface area contributed by atoms with Gasteiger partial charge in [-0.3, -0.25) is 14.5 Å². The summed E-state index contributed by atoms with van der Waals surface area (Å²) in [6.07, 6.45) is 5.39. The molecule has 0 saturated carbocycles. The number of hydrogen-bond acceptors (Lipinski definition) is 5. The van der Waals surface area contributed by atoms with Crippen LogP contribution in [0.5, 0.6) is 5.75 Å². The molecule has 29 heavy (non-hydrogen) atoms. The fourth-order valence-corrected chi connectivity index (χ4v) is 4.18. The van der Waals surface area contributed by atoms with Crippen LogP contribution in [0.25, 0.3) is 5.57 Å². The molecule has 0 bridgehead atoms. The predicted octanol–water partition coefficient (Wildman–Crippen LogP) is 5.27. The number of furan rings is 1. The molecule has 1 aliphatic heterocycles. The van der Waals surface area contributed by atoms with Crippen LogP contribution >= 0.6 is 11.8 Å². The number of carbonyl (C=O) groups excluding carboxylic acids is 2. The molecule has 2 heterocycles. The van der Waals surface area contributed by atoms with Crippen molar-refractivity contribution in [3.8, 4) is 5.75 Å². The second kappa shape index (κ2) is 10.3. The lowest BCUT2D eigenvalue weighted by molar-refractivity contribution is -0.136. The Bertz CT molecular complexity index is 856. The van der Waals surface area contributed by atoms with Crippen LogP contribution in [0, 0.1) is 0 Å². The Morgan fingerprint density at radius 1 is 1.00 bits per heavy atom. The zero-order valence-electron chi connectivity index (χ0n) is 17.0. The first-order chi connectivity index (χ1) is 14.2. The predicted molar refractivity (Wildman–Crippen MR) is 115 cm³/mol. The van der Waals surface area contributed by atoms with Crippen molar-refractivity contribution in [2.45, 2.75) is 45.3 Å². The molecular weight excluding hydrogens is 386 g/mol. The van der Waals surface area contributed by atoms with Crippen molar-refractivity contribution in [1.82, 2.24) is 4.90 Å². The number of benzene rings is 1. The van der Waals surface area contributed by atoms with Gasteiger partial charge in [-0.1, -0.05) is 38.8 Å². The highest BCUT2D eigenvalue weighted by Gasteiger charge is 2.38. The Morgan fingerprint density at radius 3 is 2.45 bits per heavy atom. The highest BCUT2D eigenvalue weighted by Crippen LogP contribution is 2.38. The molecule has 154 valence electrons. The van der Waals surface area contributed by atoms with Gasteiger partial charge in [-0.15, -0.1) is 11.8 Å². The van der Waals surface area contributed by atoms with Gasteiger partial charge in [0, 0.05) is 6.54 Å². The summed E-state index contributed by atoms with van der Waals surface area (Å²) in [6, 6.07) is 11.1. The third kappa shape index (κ3) is 5.12. The van der Waals surface area contributed by atoms with Crippen molar-refractivity contribution in [2.75, 3.05) is 13.2 Å². The van der Waals surface area contributed by atoms with Crippen molar-refractivity contribution < 1.29 is 18.7 Å². The van der Waals surface area contributed by atoms with Crippen LogP contribution in [0.1, 0.15) is 50.9 Å². The summed E-state index contributed by atoms with van der Waals surface area (Å²) >= 11 is 1.36. The number of ether oxygens (including phenoxy) is 1. The van der Waals surface area contributed by atoms with Gasteiger partial charge >= 0.3 is 0 Å². The standard InChI is InChI=1S/C23H27NO4S/c1-3-5-6-13-24-22(25)20(17-9-11-18(12-10-17)27-14-4-2)21(23(24)26)29-16-19-8-7-15-28-19/h7-12,15H,3-6,13-14,16H2,1-2H3. The van der Waals surface area contributed by atoms with E-state index in [1.165, 1.54) is 16.7 Å². The Balaban J connectivity index is 1.85. The number of thioether (sulfide) groups is 1. The minimum Gasteiger partial charge on any atom is -0.494 e. The maximum atomic E-state index is 13.1. The number of unbranched alkanes of at least 4 members (excludes halogenated alkanes) is 2. The highest BCUT2D eigenvalue weighted by atomic mass is 32.2. The van der Waals surface area contributed by atoms with E-state index in [2.05, 4.69) is 13.8 Å². The molecule has 5 nitrogen and oxygen atoms in total. The van der Waals surface area contributed by atoms with E-state index < -0.39 is 0 Å². The van der Waals surface area contributed by atoms with Crippen LogP contribution in [0.15, 0.2) is 52.0 Å². The van der Waals surface area contributed by atoms with Crippen LogP contribution in [-0.2, 0) is 15.3 Å². The van der Waals surface area contributed by atoms with Gasteiger partial charge in [0.05, 0.1) is 29.1 Å². The van der Waals surface area contributed by atoms with Crippen LogP contribution < -0.4 is 4.74 Å². The van der Waals surface area contributed by atoms with E-state index in [0.29, 0.717) is 29.4 Å². The van der Waals surface area contributed by atoms with Crippen molar-refractivity contribution in [2.24, 2.45) is 0 Å². The number of hydrogen-bond donors (Lipinski definition) is 0. The van der Waals surface area contributed by atoms with Crippen LogP contribution in [0.2, 0.25) is 0 Å². The van der Waals surface area contributed by atoms with Gasteiger partial charge in [0.2, 0.25) is 0 Å². The van der Waals surface area contributed by atoms with Crippen molar-refractivity contribution in [3.05, 3.63) is 58.9 Å². The zero-order valence-corrected chi connectivity index (χ0v) is 17.8. The first-order valence-electron chi connectivity index (χ1n) is 10.1. The third-order valence-electron chi connectivity index (χ3n) is 4.67. The Morgan fingerprint density at radius 2 is 1.79 bits per heavy atom. The zero-order chi connectivity index (χ0) is 20.6. The molecule has 2 aromatic rings. The Kier molecular flexibility index (Phi) is 7.58. The fraction of sp³-hybridized carbons (Fsp3) is 0.391. The normalized spacial score (nSPS) is 14.2. The first kappa shape index (κ1) is 21.2. The molecular formula is C23H27NO4S. The molecule has 1 aromatic heterocycles. The van der Waals surface area contributed by atoms with E-state index in [-0.39, 0.29) is 11.8 Å².